The summed E-state index contributed by atoms with van der Waals surface area (Å²) in [4.78, 5) is 8.21. The summed E-state index contributed by atoms with van der Waals surface area (Å²) in [6, 6.07) is 11.8. The van der Waals surface area contributed by atoms with E-state index in [1.165, 1.54) is 11.9 Å². The Balaban J connectivity index is 1.96. The summed E-state index contributed by atoms with van der Waals surface area (Å²) in [6.45, 7) is 4.31. The Labute approximate surface area is 166 Å². The maximum atomic E-state index is 11.6. The van der Waals surface area contributed by atoms with E-state index in [4.69, 9.17) is 4.99 Å². The summed E-state index contributed by atoms with van der Waals surface area (Å²) in [6.07, 6.45) is 0.993. The summed E-state index contributed by atoms with van der Waals surface area (Å²) in [7, 11) is 0.221. The first-order valence-electron chi connectivity index (χ1n) is 8.94. The number of nitrogens with one attached hydrogen (secondary N) is 2. The van der Waals surface area contributed by atoms with E-state index in [1.54, 1.807) is 11.3 Å². The smallest absolute Gasteiger partial charge is 0.215 e. The number of hydrogen-bond acceptors (Lipinski definition) is 4. The van der Waals surface area contributed by atoms with Crippen LogP contribution in [-0.4, -0.2) is 46.5 Å². The van der Waals surface area contributed by atoms with Crippen molar-refractivity contribution in [1.29, 1.82) is 0 Å². The second-order valence-electron chi connectivity index (χ2n) is 6.20. The van der Waals surface area contributed by atoms with Crippen LogP contribution in [0.4, 0.5) is 0 Å². The lowest BCUT2D eigenvalue weighted by Crippen LogP contribution is -2.39. The van der Waals surface area contributed by atoms with Gasteiger partial charge in [-0.2, -0.15) is 0 Å². The second-order valence-corrected chi connectivity index (χ2v) is 9.16. The summed E-state index contributed by atoms with van der Waals surface area (Å²) < 4.78 is 25.6. The van der Waals surface area contributed by atoms with Crippen molar-refractivity contribution in [1.82, 2.24) is 14.9 Å². The first kappa shape index (κ1) is 21.4. The van der Waals surface area contributed by atoms with Crippen LogP contribution >= 0.6 is 11.3 Å². The van der Waals surface area contributed by atoms with E-state index >= 15 is 0 Å². The Kier molecular flexibility index (Phi) is 8.27. The van der Waals surface area contributed by atoms with Crippen LogP contribution in [0.3, 0.4) is 0 Å². The van der Waals surface area contributed by atoms with E-state index in [0.717, 1.165) is 36.6 Å². The van der Waals surface area contributed by atoms with Gasteiger partial charge < -0.3 is 10.2 Å². The van der Waals surface area contributed by atoms with Crippen LogP contribution in [0.15, 0.2) is 46.8 Å². The zero-order valence-electron chi connectivity index (χ0n) is 16.1. The van der Waals surface area contributed by atoms with E-state index < -0.39 is 10.0 Å². The molecule has 1 heterocycles. The third-order valence-corrected chi connectivity index (χ3v) is 6.34. The number of benzene rings is 1. The normalized spacial score (nSPS) is 12.2. The van der Waals surface area contributed by atoms with E-state index in [2.05, 4.69) is 39.4 Å². The standard InChI is InChI=1S/C19H28N4O2S2/c1-4-21-19(23(3)12-11-18-6-5-13-26-18)22-14-16-7-9-17(10-8-16)15-27(24,25)20-2/h5-10,13,20H,4,11-12,14-15H2,1-3H3,(H,21,22). The highest BCUT2D eigenvalue weighted by Crippen LogP contribution is 2.11. The zero-order chi connectivity index (χ0) is 19.7. The molecule has 0 atom stereocenters. The molecule has 0 unspecified atom stereocenters. The average molecular weight is 409 g/mol. The van der Waals surface area contributed by atoms with E-state index in [1.807, 2.05) is 31.3 Å². The molecular weight excluding hydrogens is 380 g/mol. The molecule has 0 saturated carbocycles. The van der Waals surface area contributed by atoms with Gasteiger partial charge in [-0.3, -0.25) is 0 Å². The zero-order valence-corrected chi connectivity index (χ0v) is 17.7. The van der Waals surface area contributed by atoms with Gasteiger partial charge in [-0.05, 0) is 43.0 Å². The van der Waals surface area contributed by atoms with Crippen molar-refractivity contribution in [3.05, 3.63) is 57.8 Å². The topological polar surface area (TPSA) is 73.8 Å². The summed E-state index contributed by atoms with van der Waals surface area (Å²) >= 11 is 1.77. The SMILES string of the molecule is CCNC(=NCc1ccc(CS(=O)(=O)NC)cc1)N(C)CCc1cccs1. The van der Waals surface area contributed by atoms with E-state index in [9.17, 15) is 8.42 Å². The number of aliphatic imine (C=N–C) groups is 1. The third-order valence-electron chi connectivity index (χ3n) is 4.07. The highest BCUT2D eigenvalue weighted by molar-refractivity contribution is 7.88. The Morgan fingerprint density at radius 3 is 2.48 bits per heavy atom. The highest BCUT2D eigenvalue weighted by atomic mass is 32.2. The highest BCUT2D eigenvalue weighted by Gasteiger charge is 2.09. The van der Waals surface area contributed by atoms with Gasteiger partial charge in [0, 0.05) is 25.0 Å². The third kappa shape index (κ3) is 7.32. The molecule has 0 radical (unpaired) electrons. The molecule has 0 amide bonds. The number of nitrogens with zero attached hydrogens (tertiary/aromatic N) is 2. The van der Waals surface area contributed by atoms with Crippen LogP contribution in [0.1, 0.15) is 22.9 Å². The Morgan fingerprint density at radius 2 is 1.89 bits per heavy atom. The molecule has 1 aromatic carbocycles. The van der Waals surface area contributed by atoms with Crippen molar-refractivity contribution >= 4 is 27.3 Å². The quantitative estimate of drug-likeness (QED) is 0.494. The van der Waals surface area contributed by atoms with Gasteiger partial charge in [0.15, 0.2) is 5.96 Å². The fraction of sp³-hybridized carbons (Fsp3) is 0.421. The first-order valence-corrected chi connectivity index (χ1v) is 11.5. The summed E-state index contributed by atoms with van der Waals surface area (Å²) in [5.74, 6) is 0.858. The molecule has 27 heavy (non-hydrogen) atoms. The minimum absolute atomic E-state index is 0.0128. The van der Waals surface area contributed by atoms with Gasteiger partial charge >= 0.3 is 0 Å². The molecule has 8 heteroatoms. The molecule has 6 nitrogen and oxygen atoms in total. The van der Waals surface area contributed by atoms with Crippen LogP contribution in [0.25, 0.3) is 0 Å². The molecule has 0 aliphatic heterocycles. The molecule has 2 aromatic rings. The van der Waals surface area contributed by atoms with Crippen LogP contribution < -0.4 is 10.0 Å². The minimum atomic E-state index is -3.25. The van der Waals surface area contributed by atoms with Crippen LogP contribution in [0.5, 0.6) is 0 Å². The largest absolute Gasteiger partial charge is 0.357 e. The molecule has 0 fully saturated rings. The van der Waals surface area contributed by atoms with Crippen LogP contribution in [0, 0.1) is 0 Å². The lowest BCUT2D eigenvalue weighted by Gasteiger charge is -2.21. The van der Waals surface area contributed by atoms with Crippen molar-refractivity contribution in [2.75, 3.05) is 27.2 Å². The summed E-state index contributed by atoms with van der Waals surface area (Å²) in [5.41, 5.74) is 1.81. The molecule has 0 spiro atoms. The molecule has 0 bridgehead atoms. The van der Waals surface area contributed by atoms with Crippen molar-refractivity contribution < 1.29 is 8.42 Å². The number of thiophene rings is 1. The maximum absolute atomic E-state index is 11.6. The van der Waals surface area contributed by atoms with Gasteiger partial charge in [-0.15, -0.1) is 11.3 Å². The molecule has 2 N–H and O–H groups in total. The molecule has 0 aliphatic carbocycles. The van der Waals surface area contributed by atoms with Gasteiger partial charge in [0.05, 0.1) is 12.3 Å². The predicted octanol–water partition coefficient (Wildman–Crippen LogP) is 2.44. The van der Waals surface area contributed by atoms with Gasteiger partial charge in [0.25, 0.3) is 0 Å². The average Bonchev–Trinajstić information content (AvgIpc) is 3.18. The molecule has 1 aromatic heterocycles. The van der Waals surface area contributed by atoms with Crippen molar-refractivity contribution in [3.8, 4) is 0 Å². The Bertz CT molecular complexity index is 816. The number of sulfonamides is 1. The van der Waals surface area contributed by atoms with Gasteiger partial charge in [-0.1, -0.05) is 30.3 Å². The van der Waals surface area contributed by atoms with Crippen molar-refractivity contribution in [2.45, 2.75) is 25.6 Å². The fourth-order valence-electron chi connectivity index (χ4n) is 2.51. The lowest BCUT2D eigenvalue weighted by atomic mass is 10.1. The van der Waals surface area contributed by atoms with E-state index in [0.29, 0.717) is 6.54 Å². The Morgan fingerprint density at radius 1 is 1.19 bits per heavy atom. The number of guanidine groups is 1. The maximum Gasteiger partial charge on any atom is 0.215 e. The predicted molar refractivity (Wildman–Crippen MR) is 114 cm³/mol. The first-order chi connectivity index (χ1) is 12.9. The molecule has 0 aliphatic rings. The van der Waals surface area contributed by atoms with Crippen molar-refractivity contribution in [2.24, 2.45) is 4.99 Å². The fourth-order valence-corrected chi connectivity index (χ4v) is 3.98. The van der Waals surface area contributed by atoms with Crippen molar-refractivity contribution in [3.63, 3.8) is 0 Å². The monoisotopic (exact) mass is 408 g/mol. The van der Waals surface area contributed by atoms with Gasteiger partial charge in [-0.25, -0.2) is 18.1 Å². The number of rotatable bonds is 9. The van der Waals surface area contributed by atoms with Crippen LogP contribution in [0.2, 0.25) is 0 Å². The van der Waals surface area contributed by atoms with Gasteiger partial charge in [0.2, 0.25) is 10.0 Å². The number of hydrogen-bond donors (Lipinski definition) is 2. The van der Waals surface area contributed by atoms with Gasteiger partial charge in [0.1, 0.15) is 0 Å². The molecule has 2 rings (SSSR count). The summed E-state index contributed by atoms with van der Waals surface area (Å²) in [5, 5.41) is 5.42. The molecule has 148 valence electrons. The van der Waals surface area contributed by atoms with Crippen LogP contribution in [-0.2, 0) is 28.7 Å². The molecule has 0 saturated heterocycles. The number of likely N-dealkylation sites (N-methyl/N-ethyl adjacent to an activating group) is 1. The van der Waals surface area contributed by atoms with E-state index in [-0.39, 0.29) is 5.75 Å². The second kappa shape index (κ2) is 10.4. The lowest BCUT2D eigenvalue weighted by molar-refractivity contribution is 0.486. The minimum Gasteiger partial charge on any atom is -0.357 e. The molecular formula is C19H28N4O2S2. The Hall–Kier alpha value is -1.90.